The predicted octanol–water partition coefficient (Wildman–Crippen LogP) is 1.63. The highest BCUT2D eigenvalue weighted by atomic mass is 35.5. The van der Waals surface area contributed by atoms with Crippen molar-refractivity contribution in [3.63, 3.8) is 0 Å². The molecular formula is C16H15ClF2N2O4S. The third-order valence-corrected chi connectivity index (χ3v) is 6.48. The van der Waals surface area contributed by atoms with Gasteiger partial charge >= 0.3 is 0 Å². The Morgan fingerprint density at radius 1 is 1.35 bits per heavy atom. The maximum absolute atomic E-state index is 14.1. The lowest BCUT2D eigenvalue weighted by atomic mass is 10.0. The quantitative estimate of drug-likeness (QED) is 0.798. The first-order valence-corrected chi connectivity index (χ1v) is 9.54. The van der Waals surface area contributed by atoms with Gasteiger partial charge < -0.3 is 10.4 Å². The van der Waals surface area contributed by atoms with Crippen LogP contribution in [0.5, 0.6) is 0 Å². The Hall–Kier alpha value is -1.81. The summed E-state index contributed by atoms with van der Waals surface area (Å²) >= 11 is 5.64. The summed E-state index contributed by atoms with van der Waals surface area (Å²) in [6.07, 6.45) is 0.629. The summed E-state index contributed by atoms with van der Waals surface area (Å²) < 4.78 is 53.1. The number of aliphatic hydroxyl groups is 1. The molecule has 3 rings (SSSR count). The number of aliphatic hydroxyl groups excluding tert-OH is 1. The molecule has 1 aromatic carbocycles. The normalized spacial score (nSPS) is 24.1. The van der Waals surface area contributed by atoms with Crippen molar-refractivity contribution in [3.8, 4) is 0 Å². The number of sulfonamides is 1. The Morgan fingerprint density at radius 2 is 2.04 bits per heavy atom. The molecule has 0 spiro atoms. The molecule has 1 aliphatic carbocycles. The molecule has 1 heterocycles. The zero-order chi connectivity index (χ0) is 19.1. The van der Waals surface area contributed by atoms with Crippen LogP contribution in [0.1, 0.15) is 0 Å². The molecule has 1 fully saturated rings. The Balaban J connectivity index is 1.79. The maximum atomic E-state index is 14.1. The number of β-amino-alcohol motifs (C(OH)–C–C–N with tert-alkyl or cyclic N) is 1. The summed E-state index contributed by atoms with van der Waals surface area (Å²) in [7, 11) is -4.04. The van der Waals surface area contributed by atoms with Crippen molar-refractivity contribution >= 4 is 33.2 Å². The molecule has 2 aliphatic rings. The lowest BCUT2D eigenvalue weighted by Crippen LogP contribution is -2.57. The minimum Gasteiger partial charge on any atom is -0.390 e. The van der Waals surface area contributed by atoms with Gasteiger partial charge in [-0.05, 0) is 30.4 Å². The minimum absolute atomic E-state index is 0.0472. The zero-order valence-corrected chi connectivity index (χ0v) is 14.8. The summed E-state index contributed by atoms with van der Waals surface area (Å²) in [4.78, 5) is 12.3. The largest absolute Gasteiger partial charge is 0.390 e. The van der Waals surface area contributed by atoms with Crippen molar-refractivity contribution in [2.75, 3.05) is 18.4 Å². The van der Waals surface area contributed by atoms with Gasteiger partial charge in [-0.2, -0.15) is 4.31 Å². The standard InChI is InChI=1S/C16H15ClF2N2O4S/c17-12-6-10(2-4-13(12)18)20-16(23)9-1-3-14(19)15(5-9)26(24,25)21-7-11(22)8-21/h1-6,11,14-15,22H,7-8H2,(H,20,23). The second kappa shape index (κ2) is 7.07. The van der Waals surface area contributed by atoms with E-state index in [1.165, 1.54) is 18.2 Å². The Morgan fingerprint density at radius 3 is 2.65 bits per heavy atom. The number of rotatable bonds is 4. The molecule has 26 heavy (non-hydrogen) atoms. The van der Waals surface area contributed by atoms with Gasteiger partial charge in [0, 0.05) is 24.4 Å². The maximum Gasteiger partial charge on any atom is 0.255 e. The second-order valence-electron chi connectivity index (χ2n) is 5.99. The number of hydrogen-bond acceptors (Lipinski definition) is 4. The van der Waals surface area contributed by atoms with Gasteiger partial charge in [0.15, 0.2) is 0 Å². The first kappa shape index (κ1) is 19.0. The summed E-state index contributed by atoms with van der Waals surface area (Å²) in [5, 5.41) is 9.97. The van der Waals surface area contributed by atoms with E-state index < -0.39 is 39.3 Å². The fraction of sp³-hybridized carbons (Fsp3) is 0.312. The summed E-state index contributed by atoms with van der Waals surface area (Å²) in [6, 6.07) is 3.57. The van der Waals surface area contributed by atoms with Gasteiger partial charge in [-0.15, -0.1) is 0 Å². The number of alkyl halides is 1. The van der Waals surface area contributed by atoms with Gasteiger partial charge in [-0.3, -0.25) is 4.79 Å². The molecule has 1 amide bonds. The van der Waals surface area contributed by atoms with Crippen molar-refractivity contribution in [1.82, 2.24) is 4.31 Å². The molecule has 0 saturated carbocycles. The molecule has 0 bridgehead atoms. The van der Waals surface area contributed by atoms with E-state index in [2.05, 4.69) is 5.32 Å². The molecule has 2 N–H and O–H groups in total. The van der Waals surface area contributed by atoms with Crippen molar-refractivity contribution in [1.29, 1.82) is 0 Å². The molecule has 1 aliphatic heterocycles. The fourth-order valence-electron chi connectivity index (χ4n) is 2.60. The van der Waals surface area contributed by atoms with E-state index in [0.717, 1.165) is 22.5 Å². The van der Waals surface area contributed by atoms with E-state index in [1.54, 1.807) is 0 Å². The first-order chi connectivity index (χ1) is 12.2. The average Bonchev–Trinajstić information content (AvgIpc) is 2.55. The third-order valence-electron chi connectivity index (χ3n) is 4.09. The van der Waals surface area contributed by atoms with Gasteiger partial charge in [0.25, 0.3) is 5.91 Å². The topological polar surface area (TPSA) is 86.7 Å². The fourth-order valence-corrected chi connectivity index (χ4v) is 4.63. The predicted molar refractivity (Wildman–Crippen MR) is 92.4 cm³/mol. The summed E-state index contributed by atoms with van der Waals surface area (Å²) in [5.74, 6) is -1.33. The molecule has 10 heteroatoms. The van der Waals surface area contributed by atoms with Crippen LogP contribution in [-0.4, -0.2) is 54.4 Å². The third kappa shape index (κ3) is 3.66. The first-order valence-electron chi connectivity index (χ1n) is 7.66. The van der Waals surface area contributed by atoms with E-state index in [1.807, 2.05) is 0 Å². The van der Waals surface area contributed by atoms with Gasteiger partial charge in [0.1, 0.15) is 17.2 Å². The minimum atomic E-state index is -4.04. The molecule has 1 saturated heterocycles. The van der Waals surface area contributed by atoms with Crippen LogP contribution >= 0.6 is 11.6 Å². The Labute approximate surface area is 153 Å². The van der Waals surface area contributed by atoms with E-state index >= 15 is 0 Å². The smallest absolute Gasteiger partial charge is 0.255 e. The number of anilines is 1. The number of hydrogen-bond donors (Lipinski definition) is 2. The van der Waals surface area contributed by atoms with E-state index in [0.29, 0.717) is 0 Å². The van der Waals surface area contributed by atoms with Crippen LogP contribution in [0, 0.1) is 5.82 Å². The van der Waals surface area contributed by atoms with Gasteiger partial charge in [0.05, 0.1) is 11.1 Å². The SMILES string of the molecule is O=C(Nc1ccc(F)c(Cl)c1)C1=CC(S(=O)(=O)N2CC(O)C2)C(F)C=C1. The number of carbonyl (C=O) groups excluding carboxylic acids is 1. The van der Waals surface area contributed by atoms with Crippen molar-refractivity contribution in [2.24, 2.45) is 0 Å². The lowest BCUT2D eigenvalue weighted by molar-refractivity contribution is -0.112. The van der Waals surface area contributed by atoms with Gasteiger partial charge in [-0.25, -0.2) is 17.2 Å². The highest BCUT2D eigenvalue weighted by molar-refractivity contribution is 7.90. The van der Waals surface area contributed by atoms with E-state index in [4.69, 9.17) is 11.6 Å². The van der Waals surface area contributed by atoms with Crippen LogP contribution in [-0.2, 0) is 14.8 Å². The molecule has 0 aromatic heterocycles. The van der Waals surface area contributed by atoms with Crippen LogP contribution < -0.4 is 5.32 Å². The number of halogens is 3. The Bertz CT molecular complexity index is 898. The number of benzene rings is 1. The number of nitrogens with one attached hydrogen (secondary N) is 1. The van der Waals surface area contributed by atoms with Gasteiger partial charge in [-0.1, -0.05) is 17.7 Å². The Kier molecular flexibility index (Phi) is 5.16. The number of nitrogens with zero attached hydrogens (tertiary/aromatic N) is 1. The molecule has 1 aromatic rings. The van der Waals surface area contributed by atoms with Crippen LogP contribution in [0.25, 0.3) is 0 Å². The van der Waals surface area contributed by atoms with Crippen LogP contribution in [0.2, 0.25) is 5.02 Å². The van der Waals surface area contributed by atoms with Crippen molar-refractivity contribution < 1.29 is 27.1 Å². The number of allylic oxidation sites excluding steroid dienone is 1. The monoisotopic (exact) mass is 404 g/mol. The average molecular weight is 405 g/mol. The van der Waals surface area contributed by atoms with E-state index in [9.17, 15) is 27.1 Å². The van der Waals surface area contributed by atoms with Crippen molar-refractivity contribution in [2.45, 2.75) is 17.5 Å². The van der Waals surface area contributed by atoms with Crippen LogP contribution in [0.3, 0.4) is 0 Å². The molecule has 6 nitrogen and oxygen atoms in total. The summed E-state index contributed by atoms with van der Waals surface area (Å²) in [5.41, 5.74) is 0.164. The van der Waals surface area contributed by atoms with Crippen LogP contribution in [0.15, 0.2) is 42.0 Å². The van der Waals surface area contributed by atoms with Crippen molar-refractivity contribution in [3.05, 3.63) is 52.8 Å². The molecule has 2 atom stereocenters. The van der Waals surface area contributed by atoms with E-state index in [-0.39, 0.29) is 29.4 Å². The van der Waals surface area contributed by atoms with Gasteiger partial charge in [0.2, 0.25) is 10.0 Å². The zero-order valence-electron chi connectivity index (χ0n) is 13.3. The number of amides is 1. The molecule has 140 valence electrons. The highest BCUT2D eigenvalue weighted by Gasteiger charge is 2.43. The number of carbonyl (C=O) groups is 1. The summed E-state index contributed by atoms with van der Waals surface area (Å²) in [6.45, 7) is -0.197. The second-order valence-corrected chi connectivity index (χ2v) is 8.49. The lowest BCUT2D eigenvalue weighted by Gasteiger charge is -2.37. The molecular weight excluding hydrogens is 390 g/mol. The molecule has 0 radical (unpaired) electrons. The molecule has 2 unspecified atom stereocenters. The van der Waals surface area contributed by atoms with Crippen LogP contribution in [0.4, 0.5) is 14.5 Å². The highest BCUT2D eigenvalue weighted by Crippen LogP contribution is 2.27.